The van der Waals surface area contributed by atoms with Crippen molar-refractivity contribution < 1.29 is 13.9 Å². The molecule has 1 amide bonds. The van der Waals surface area contributed by atoms with E-state index in [0.29, 0.717) is 6.54 Å². The summed E-state index contributed by atoms with van der Waals surface area (Å²) in [6.45, 7) is 1.25. The lowest BCUT2D eigenvalue weighted by atomic mass is 10.2. The monoisotopic (exact) mass is 238 g/mol. The van der Waals surface area contributed by atoms with E-state index < -0.39 is 5.82 Å². The van der Waals surface area contributed by atoms with Gasteiger partial charge in [-0.1, -0.05) is 0 Å². The molecule has 92 valence electrons. The Morgan fingerprint density at radius 3 is 3.18 bits per heavy atom. The fourth-order valence-corrected chi connectivity index (χ4v) is 1.93. The van der Waals surface area contributed by atoms with Crippen LogP contribution in [0.15, 0.2) is 18.5 Å². The molecule has 0 saturated carbocycles. The number of likely N-dealkylation sites (N-methyl/N-ethyl adjacent to an activating group) is 1. The average molecular weight is 238 g/mol. The molecule has 0 aromatic carbocycles. The van der Waals surface area contributed by atoms with Crippen molar-refractivity contribution in [2.75, 3.05) is 20.2 Å². The zero-order chi connectivity index (χ0) is 12.3. The summed E-state index contributed by atoms with van der Waals surface area (Å²) in [5.74, 6) is -0.919. The van der Waals surface area contributed by atoms with Crippen molar-refractivity contribution in [2.45, 2.75) is 18.9 Å². The number of halogens is 1. The van der Waals surface area contributed by atoms with Gasteiger partial charge in [0.05, 0.1) is 17.9 Å². The topological polar surface area (TPSA) is 42.4 Å². The number of ether oxygens (including phenoxy) is 1. The Bertz CT molecular complexity index is 405. The molecule has 0 aliphatic carbocycles. The van der Waals surface area contributed by atoms with Crippen LogP contribution in [0.5, 0.6) is 0 Å². The Morgan fingerprint density at radius 1 is 1.71 bits per heavy atom. The van der Waals surface area contributed by atoms with Crippen LogP contribution in [0.1, 0.15) is 23.2 Å². The summed E-state index contributed by atoms with van der Waals surface area (Å²) in [5, 5.41) is 0. The first kappa shape index (κ1) is 12.0. The first-order chi connectivity index (χ1) is 8.18. The zero-order valence-corrected chi connectivity index (χ0v) is 9.73. The maximum absolute atomic E-state index is 13.4. The Labute approximate surface area is 99.4 Å². The van der Waals surface area contributed by atoms with Gasteiger partial charge in [-0.15, -0.1) is 0 Å². The first-order valence-electron chi connectivity index (χ1n) is 5.65. The average Bonchev–Trinajstić information content (AvgIpc) is 2.81. The highest BCUT2D eigenvalue weighted by Crippen LogP contribution is 2.14. The molecule has 1 aliphatic rings. The number of amides is 1. The molecule has 1 unspecified atom stereocenters. The number of aromatic nitrogens is 1. The van der Waals surface area contributed by atoms with Gasteiger partial charge in [0.25, 0.3) is 5.91 Å². The minimum Gasteiger partial charge on any atom is -0.376 e. The second-order valence-electron chi connectivity index (χ2n) is 4.18. The van der Waals surface area contributed by atoms with Gasteiger partial charge in [-0.3, -0.25) is 9.78 Å². The molecule has 17 heavy (non-hydrogen) atoms. The van der Waals surface area contributed by atoms with Crippen LogP contribution < -0.4 is 0 Å². The van der Waals surface area contributed by atoms with Gasteiger partial charge in [0, 0.05) is 26.4 Å². The molecule has 1 fully saturated rings. The fraction of sp³-hybridized carbons (Fsp3) is 0.500. The second-order valence-corrected chi connectivity index (χ2v) is 4.18. The standard InChI is InChI=1S/C12H15FN2O2/c1-15(8-9-3-2-6-17-9)12(16)10-4-5-14-7-11(10)13/h4-5,7,9H,2-3,6,8H2,1H3. The molecule has 0 bridgehead atoms. The molecule has 0 radical (unpaired) electrons. The van der Waals surface area contributed by atoms with E-state index in [-0.39, 0.29) is 17.6 Å². The van der Waals surface area contributed by atoms with Crippen LogP contribution in [0.4, 0.5) is 4.39 Å². The summed E-state index contributed by atoms with van der Waals surface area (Å²) in [6, 6.07) is 1.39. The third kappa shape index (κ3) is 2.79. The molecule has 5 heteroatoms. The van der Waals surface area contributed by atoms with Crippen LogP contribution in [0.2, 0.25) is 0 Å². The number of rotatable bonds is 3. The smallest absolute Gasteiger partial charge is 0.256 e. The van der Waals surface area contributed by atoms with Gasteiger partial charge in [-0.25, -0.2) is 4.39 Å². The van der Waals surface area contributed by atoms with E-state index in [4.69, 9.17) is 4.74 Å². The quantitative estimate of drug-likeness (QED) is 0.800. The Morgan fingerprint density at radius 2 is 2.53 bits per heavy atom. The lowest BCUT2D eigenvalue weighted by molar-refractivity contribution is 0.0583. The van der Waals surface area contributed by atoms with Crippen LogP contribution in [-0.4, -0.2) is 42.1 Å². The maximum Gasteiger partial charge on any atom is 0.256 e. The number of hydrogen-bond acceptors (Lipinski definition) is 3. The predicted octanol–water partition coefficient (Wildman–Crippen LogP) is 1.47. The highest BCUT2D eigenvalue weighted by molar-refractivity contribution is 5.94. The van der Waals surface area contributed by atoms with E-state index in [1.165, 1.54) is 17.2 Å². The van der Waals surface area contributed by atoms with E-state index >= 15 is 0 Å². The maximum atomic E-state index is 13.4. The van der Waals surface area contributed by atoms with Gasteiger partial charge in [-0.2, -0.15) is 0 Å². The van der Waals surface area contributed by atoms with E-state index in [1.54, 1.807) is 7.05 Å². The third-order valence-corrected chi connectivity index (χ3v) is 2.85. The fourth-order valence-electron chi connectivity index (χ4n) is 1.93. The van der Waals surface area contributed by atoms with Gasteiger partial charge in [-0.05, 0) is 18.9 Å². The number of carbonyl (C=O) groups is 1. The molecular formula is C12H15FN2O2. The van der Waals surface area contributed by atoms with Crippen molar-refractivity contribution in [3.8, 4) is 0 Å². The van der Waals surface area contributed by atoms with E-state index in [0.717, 1.165) is 25.6 Å². The summed E-state index contributed by atoms with van der Waals surface area (Å²) < 4.78 is 18.8. The molecule has 2 heterocycles. The Hall–Kier alpha value is -1.49. The molecule has 1 aromatic rings. The molecule has 1 saturated heterocycles. The van der Waals surface area contributed by atoms with Gasteiger partial charge in [0.1, 0.15) is 0 Å². The summed E-state index contributed by atoms with van der Waals surface area (Å²) in [4.78, 5) is 17.1. The second kappa shape index (κ2) is 5.23. The third-order valence-electron chi connectivity index (χ3n) is 2.85. The van der Waals surface area contributed by atoms with Crippen molar-refractivity contribution >= 4 is 5.91 Å². The van der Waals surface area contributed by atoms with Gasteiger partial charge >= 0.3 is 0 Å². The zero-order valence-electron chi connectivity index (χ0n) is 9.73. The van der Waals surface area contributed by atoms with Crippen LogP contribution in [0.25, 0.3) is 0 Å². The molecule has 0 spiro atoms. The van der Waals surface area contributed by atoms with Crippen LogP contribution in [0.3, 0.4) is 0 Å². The van der Waals surface area contributed by atoms with Crippen molar-refractivity contribution in [1.29, 1.82) is 0 Å². The van der Waals surface area contributed by atoms with Crippen LogP contribution in [0, 0.1) is 5.82 Å². The summed E-state index contributed by atoms with van der Waals surface area (Å²) in [5.41, 5.74) is 0.0560. The van der Waals surface area contributed by atoms with Crippen molar-refractivity contribution in [3.05, 3.63) is 29.8 Å². The summed E-state index contributed by atoms with van der Waals surface area (Å²) >= 11 is 0. The van der Waals surface area contributed by atoms with Gasteiger partial charge in [0.2, 0.25) is 0 Å². The van der Waals surface area contributed by atoms with Crippen molar-refractivity contribution in [1.82, 2.24) is 9.88 Å². The lowest BCUT2D eigenvalue weighted by Crippen LogP contribution is -2.34. The highest BCUT2D eigenvalue weighted by Gasteiger charge is 2.22. The summed E-state index contributed by atoms with van der Waals surface area (Å²) in [6.07, 6.45) is 4.52. The number of hydrogen-bond donors (Lipinski definition) is 0. The molecule has 1 aliphatic heterocycles. The molecular weight excluding hydrogens is 223 g/mol. The Balaban J connectivity index is 2.01. The minimum absolute atomic E-state index is 0.0560. The number of nitrogens with zero attached hydrogens (tertiary/aromatic N) is 2. The van der Waals surface area contributed by atoms with Gasteiger partial charge in [0.15, 0.2) is 5.82 Å². The number of carbonyl (C=O) groups excluding carboxylic acids is 1. The highest BCUT2D eigenvalue weighted by atomic mass is 19.1. The van der Waals surface area contributed by atoms with E-state index in [2.05, 4.69) is 4.98 Å². The largest absolute Gasteiger partial charge is 0.376 e. The summed E-state index contributed by atoms with van der Waals surface area (Å²) in [7, 11) is 1.66. The van der Waals surface area contributed by atoms with Crippen LogP contribution in [-0.2, 0) is 4.74 Å². The molecule has 0 N–H and O–H groups in total. The first-order valence-corrected chi connectivity index (χ1v) is 5.65. The van der Waals surface area contributed by atoms with Gasteiger partial charge < -0.3 is 9.64 Å². The lowest BCUT2D eigenvalue weighted by Gasteiger charge is -2.20. The molecule has 1 atom stereocenters. The van der Waals surface area contributed by atoms with Crippen LogP contribution >= 0.6 is 0 Å². The van der Waals surface area contributed by atoms with Crippen molar-refractivity contribution in [3.63, 3.8) is 0 Å². The van der Waals surface area contributed by atoms with E-state index in [9.17, 15) is 9.18 Å². The normalized spacial score (nSPS) is 19.3. The number of pyridine rings is 1. The van der Waals surface area contributed by atoms with E-state index in [1.807, 2.05) is 0 Å². The molecule has 4 nitrogen and oxygen atoms in total. The molecule has 1 aromatic heterocycles. The predicted molar refractivity (Wildman–Crippen MR) is 60.1 cm³/mol. The van der Waals surface area contributed by atoms with Crippen molar-refractivity contribution in [2.24, 2.45) is 0 Å². The Kier molecular flexibility index (Phi) is 3.68. The molecule has 2 rings (SSSR count). The minimum atomic E-state index is -0.586. The SMILES string of the molecule is CN(CC1CCCO1)C(=O)c1ccncc1F.